The van der Waals surface area contributed by atoms with Gasteiger partial charge >= 0.3 is 0 Å². The van der Waals surface area contributed by atoms with Gasteiger partial charge in [-0.15, -0.1) is 0 Å². The molecule has 1 aromatic rings. The quantitative estimate of drug-likeness (QED) is 0.625. The van der Waals surface area contributed by atoms with Gasteiger partial charge in [-0.05, 0) is 44.0 Å². The summed E-state index contributed by atoms with van der Waals surface area (Å²) in [7, 11) is 1.84. The van der Waals surface area contributed by atoms with Crippen molar-refractivity contribution in [2.24, 2.45) is 11.7 Å². The molecule has 114 valence electrons. The second-order valence-electron chi connectivity index (χ2n) is 5.40. The molecule has 3 N–H and O–H groups in total. The van der Waals surface area contributed by atoms with E-state index in [0.29, 0.717) is 11.6 Å². The van der Waals surface area contributed by atoms with Gasteiger partial charge in [-0.1, -0.05) is 0 Å². The molecule has 0 atom stereocenters. The largest absolute Gasteiger partial charge is 0.369 e. The molecule has 1 aromatic carbocycles. The molecule has 21 heavy (non-hydrogen) atoms. The van der Waals surface area contributed by atoms with Crippen molar-refractivity contribution < 1.29 is 9.72 Å². The van der Waals surface area contributed by atoms with E-state index in [9.17, 15) is 14.9 Å². The number of nitrogens with zero attached hydrogens (tertiary/aromatic N) is 2. The standard InChI is InChI=1S/C14H20N4O3/c1-17(9-10-4-6-16-7-5-10)12-3-2-11(14(15)19)8-13(12)18(20)21/h2-3,8,10,16H,4-7,9H2,1H3,(H2,15,19). The zero-order valence-electron chi connectivity index (χ0n) is 12.0. The molecular weight excluding hydrogens is 272 g/mol. The van der Waals surface area contributed by atoms with Crippen LogP contribution in [0.3, 0.4) is 0 Å². The minimum absolute atomic E-state index is 0.0808. The fourth-order valence-corrected chi connectivity index (χ4v) is 2.70. The molecule has 7 heteroatoms. The summed E-state index contributed by atoms with van der Waals surface area (Å²) >= 11 is 0. The number of nitro groups is 1. The molecule has 0 bridgehead atoms. The monoisotopic (exact) mass is 292 g/mol. The first-order valence-corrected chi connectivity index (χ1v) is 6.99. The van der Waals surface area contributed by atoms with E-state index >= 15 is 0 Å². The molecule has 0 aromatic heterocycles. The lowest BCUT2D eigenvalue weighted by atomic mass is 9.97. The van der Waals surface area contributed by atoms with Crippen molar-refractivity contribution in [2.75, 3.05) is 31.6 Å². The summed E-state index contributed by atoms with van der Waals surface area (Å²) in [6.07, 6.45) is 2.13. The highest BCUT2D eigenvalue weighted by atomic mass is 16.6. The van der Waals surface area contributed by atoms with E-state index in [1.807, 2.05) is 11.9 Å². The predicted molar refractivity (Wildman–Crippen MR) is 80.5 cm³/mol. The molecule has 0 unspecified atom stereocenters. The van der Waals surface area contributed by atoms with E-state index < -0.39 is 10.8 Å². The van der Waals surface area contributed by atoms with Crippen LogP contribution in [0, 0.1) is 16.0 Å². The van der Waals surface area contributed by atoms with Gasteiger partial charge in [-0.25, -0.2) is 0 Å². The molecule has 0 spiro atoms. The van der Waals surface area contributed by atoms with E-state index in [-0.39, 0.29) is 11.3 Å². The third-order valence-electron chi connectivity index (χ3n) is 3.86. The van der Waals surface area contributed by atoms with Gasteiger partial charge in [0.1, 0.15) is 5.69 Å². The van der Waals surface area contributed by atoms with E-state index in [1.165, 1.54) is 12.1 Å². The average molecular weight is 292 g/mol. The maximum Gasteiger partial charge on any atom is 0.293 e. The molecule has 1 fully saturated rings. The van der Waals surface area contributed by atoms with Gasteiger partial charge in [-0.2, -0.15) is 0 Å². The summed E-state index contributed by atoms with van der Waals surface area (Å²) in [4.78, 5) is 23.8. The van der Waals surface area contributed by atoms with Gasteiger partial charge in [0.15, 0.2) is 0 Å². The number of rotatable bonds is 5. The lowest BCUT2D eigenvalue weighted by molar-refractivity contribution is -0.384. The summed E-state index contributed by atoms with van der Waals surface area (Å²) < 4.78 is 0. The van der Waals surface area contributed by atoms with Crippen molar-refractivity contribution in [3.63, 3.8) is 0 Å². The number of carbonyl (C=O) groups excluding carboxylic acids is 1. The molecule has 0 saturated carbocycles. The van der Waals surface area contributed by atoms with Gasteiger partial charge in [0, 0.05) is 25.2 Å². The highest BCUT2D eigenvalue weighted by Gasteiger charge is 2.22. The fourth-order valence-electron chi connectivity index (χ4n) is 2.70. The molecule has 1 aliphatic heterocycles. The van der Waals surface area contributed by atoms with Crippen LogP contribution in [0.1, 0.15) is 23.2 Å². The third-order valence-corrected chi connectivity index (χ3v) is 3.86. The molecule has 1 saturated heterocycles. The molecule has 1 aliphatic rings. The van der Waals surface area contributed by atoms with Crippen molar-refractivity contribution in [1.82, 2.24) is 5.32 Å². The number of benzene rings is 1. The van der Waals surface area contributed by atoms with Gasteiger partial charge in [0.05, 0.1) is 4.92 Å². The molecule has 2 rings (SSSR count). The lowest BCUT2D eigenvalue weighted by Crippen LogP contribution is -2.34. The highest BCUT2D eigenvalue weighted by molar-refractivity contribution is 5.94. The van der Waals surface area contributed by atoms with Crippen molar-refractivity contribution in [1.29, 1.82) is 0 Å². The van der Waals surface area contributed by atoms with Crippen LogP contribution in [-0.4, -0.2) is 37.5 Å². The summed E-state index contributed by atoms with van der Waals surface area (Å²) in [5.74, 6) is -0.141. The van der Waals surface area contributed by atoms with E-state index in [0.717, 1.165) is 32.5 Å². The molecule has 1 heterocycles. The summed E-state index contributed by atoms with van der Waals surface area (Å²) in [5.41, 5.74) is 5.77. The summed E-state index contributed by atoms with van der Waals surface area (Å²) in [5, 5.41) is 14.5. The normalized spacial score (nSPS) is 15.7. The first-order valence-electron chi connectivity index (χ1n) is 6.99. The number of hydrogen-bond acceptors (Lipinski definition) is 5. The van der Waals surface area contributed by atoms with Crippen LogP contribution in [0.15, 0.2) is 18.2 Å². The number of carbonyl (C=O) groups is 1. The number of hydrogen-bond donors (Lipinski definition) is 2. The van der Waals surface area contributed by atoms with Crippen molar-refractivity contribution in [3.8, 4) is 0 Å². The Morgan fingerprint density at radius 1 is 1.48 bits per heavy atom. The van der Waals surface area contributed by atoms with Crippen molar-refractivity contribution in [2.45, 2.75) is 12.8 Å². The number of amides is 1. The first kappa shape index (κ1) is 15.2. The van der Waals surface area contributed by atoms with Gasteiger partial charge in [0.25, 0.3) is 5.69 Å². The minimum atomic E-state index is -0.661. The maximum absolute atomic E-state index is 11.2. The highest BCUT2D eigenvalue weighted by Crippen LogP contribution is 2.29. The zero-order valence-corrected chi connectivity index (χ0v) is 12.0. The Bertz CT molecular complexity index is 541. The number of primary amides is 1. The fraction of sp³-hybridized carbons (Fsp3) is 0.500. The number of nitrogens with two attached hydrogens (primary N) is 1. The van der Waals surface area contributed by atoms with E-state index in [2.05, 4.69) is 5.32 Å². The smallest absolute Gasteiger partial charge is 0.293 e. The molecule has 0 radical (unpaired) electrons. The Balaban J connectivity index is 2.20. The van der Waals surface area contributed by atoms with Crippen LogP contribution in [0.4, 0.5) is 11.4 Å². The van der Waals surface area contributed by atoms with Crippen LogP contribution in [0.25, 0.3) is 0 Å². The Morgan fingerprint density at radius 3 is 2.71 bits per heavy atom. The van der Waals surface area contributed by atoms with Crippen LogP contribution in [0.2, 0.25) is 0 Å². The predicted octanol–water partition coefficient (Wildman–Crippen LogP) is 1.13. The first-order chi connectivity index (χ1) is 9.99. The van der Waals surface area contributed by atoms with Gasteiger partial charge in [-0.3, -0.25) is 14.9 Å². The zero-order chi connectivity index (χ0) is 15.4. The second-order valence-corrected chi connectivity index (χ2v) is 5.40. The average Bonchev–Trinajstić information content (AvgIpc) is 2.47. The molecule has 1 amide bonds. The van der Waals surface area contributed by atoms with Gasteiger partial charge < -0.3 is 16.0 Å². The van der Waals surface area contributed by atoms with Crippen LogP contribution >= 0.6 is 0 Å². The topological polar surface area (TPSA) is 102 Å². The number of nitrogens with one attached hydrogen (secondary N) is 1. The minimum Gasteiger partial charge on any atom is -0.369 e. The SMILES string of the molecule is CN(CC1CCNCC1)c1ccc(C(N)=O)cc1[N+](=O)[O-]. The summed E-state index contributed by atoms with van der Waals surface area (Å²) in [6, 6.07) is 4.37. The van der Waals surface area contributed by atoms with Crippen LogP contribution < -0.4 is 16.0 Å². The lowest BCUT2D eigenvalue weighted by Gasteiger charge is -2.28. The number of piperidine rings is 1. The number of anilines is 1. The van der Waals surface area contributed by atoms with Crippen LogP contribution in [-0.2, 0) is 0 Å². The van der Waals surface area contributed by atoms with Crippen molar-refractivity contribution in [3.05, 3.63) is 33.9 Å². The van der Waals surface area contributed by atoms with Gasteiger partial charge in [0.2, 0.25) is 5.91 Å². The third kappa shape index (κ3) is 3.69. The molecule has 7 nitrogen and oxygen atoms in total. The Kier molecular flexibility index (Phi) is 4.74. The van der Waals surface area contributed by atoms with E-state index in [1.54, 1.807) is 6.07 Å². The van der Waals surface area contributed by atoms with Crippen LogP contribution in [0.5, 0.6) is 0 Å². The number of nitro benzene ring substituents is 1. The van der Waals surface area contributed by atoms with Crippen molar-refractivity contribution >= 4 is 17.3 Å². The Morgan fingerprint density at radius 2 is 2.14 bits per heavy atom. The Labute approximate surface area is 123 Å². The molecular formula is C14H20N4O3. The Hall–Kier alpha value is -2.15. The maximum atomic E-state index is 11.2. The molecule has 0 aliphatic carbocycles. The second kappa shape index (κ2) is 6.53. The van der Waals surface area contributed by atoms with E-state index in [4.69, 9.17) is 5.73 Å². The summed E-state index contributed by atoms with van der Waals surface area (Å²) in [6.45, 7) is 2.74.